The molecule has 0 spiro atoms. The quantitative estimate of drug-likeness (QED) is 0.867. The fourth-order valence-electron chi connectivity index (χ4n) is 1.87. The first-order valence-corrected chi connectivity index (χ1v) is 5.85. The van der Waals surface area contributed by atoms with Gasteiger partial charge >= 0.3 is 0 Å². The second kappa shape index (κ2) is 5.67. The van der Waals surface area contributed by atoms with Gasteiger partial charge in [-0.3, -0.25) is 0 Å². The average Bonchev–Trinajstić information content (AvgIpc) is 2.47. The Bertz CT molecular complexity index is 482. The van der Waals surface area contributed by atoms with Crippen LogP contribution in [0.3, 0.4) is 0 Å². The smallest absolute Gasteiger partial charge is 0.118 e. The van der Waals surface area contributed by atoms with Crippen LogP contribution in [0.4, 0.5) is 0 Å². The van der Waals surface area contributed by atoms with Crippen LogP contribution in [0.2, 0.25) is 0 Å². The zero-order valence-corrected chi connectivity index (χ0v) is 10.3. The molecule has 2 atom stereocenters. The number of benzene rings is 2. The van der Waals surface area contributed by atoms with Gasteiger partial charge in [-0.05, 0) is 23.3 Å². The van der Waals surface area contributed by atoms with E-state index in [1.165, 1.54) is 0 Å². The number of aliphatic hydroxyl groups excluding tert-OH is 1. The average molecular weight is 243 g/mol. The fourth-order valence-corrected chi connectivity index (χ4v) is 1.87. The highest BCUT2D eigenvalue weighted by atomic mass is 16.5. The summed E-state index contributed by atoms with van der Waals surface area (Å²) in [6.07, 6.45) is -0.709. The Kier molecular flexibility index (Phi) is 3.97. The molecular formula is C15H17NO2. The van der Waals surface area contributed by atoms with Crippen LogP contribution in [0.5, 0.6) is 5.75 Å². The molecule has 0 aliphatic heterocycles. The van der Waals surface area contributed by atoms with Crippen molar-refractivity contribution in [2.45, 2.75) is 12.1 Å². The number of aliphatic hydroxyl groups is 1. The van der Waals surface area contributed by atoms with E-state index in [1.807, 2.05) is 54.6 Å². The molecule has 3 heteroatoms. The first kappa shape index (κ1) is 12.6. The Morgan fingerprint density at radius 1 is 0.944 bits per heavy atom. The van der Waals surface area contributed by atoms with E-state index in [9.17, 15) is 5.11 Å². The van der Waals surface area contributed by atoms with E-state index in [0.717, 1.165) is 16.9 Å². The Labute approximate surface area is 107 Å². The lowest BCUT2D eigenvalue weighted by Gasteiger charge is -2.19. The molecule has 0 radical (unpaired) electrons. The highest BCUT2D eigenvalue weighted by Gasteiger charge is 2.18. The van der Waals surface area contributed by atoms with Crippen molar-refractivity contribution in [1.29, 1.82) is 0 Å². The van der Waals surface area contributed by atoms with Gasteiger partial charge in [0, 0.05) is 0 Å². The Hall–Kier alpha value is -1.84. The van der Waals surface area contributed by atoms with Crippen LogP contribution in [0.1, 0.15) is 23.3 Å². The summed E-state index contributed by atoms with van der Waals surface area (Å²) < 4.78 is 5.09. The molecule has 0 saturated carbocycles. The van der Waals surface area contributed by atoms with Gasteiger partial charge in [-0.2, -0.15) is 0 Å². The van der Waals surface area contributed by atoms with Crippen LogP contribution in [-0.2, 0) is 0 Å². The molecule has 0 amide bonds. The number of nitrogens with two attached hydrogens (primary N) is 1. The van der Waals surface area contributed by atoms with Crippen LogP contribution in [0.25, 0.3) is 0 Å². The second-order valence-corrected chi connectivity index (χ2v) is 4.15. The van der Waals surface area contributed by atoms with Crippen LogP contribution in [0, 0.1) is 0 Å². The molecule has 18 heavy (non-hydrogen) atoms. The third-order valence-electron chi connectivity index (χ3n) is 2.98. The Balaban J connectivity index is 2.17. The van der Waals surface area contributed by atoms with E-state index in [-0.39, 0.29) is 0 Å². The highest BCUT2D eigenvalue weighted by molar-refractivity contribution is 5.31. The predicted octanol–water partition coefficient (Wildman–Crippen LogP) is 2.43. The lowest BCUT2D eigenvalue weighted by molar-refractivity contribution is 0.147. The zero-order chi connectivity index (χ0) is 13.0. The maximum absolute atomic E-state index is 10.2. The number of hydrogen-bond acceptors (Lipinski definition) is 3. The van der Waals surface area contributed by atoms with Crippen molar-refractivity contribution >= 4 is 0 Å². The molecule has 3 nitrogen and oxygen atoms in total. The zero-order valence-electron chi connectivity index (χ0n) is 10.3. The SMILES string of the molecule is COc1ccc(C(N)C(O)c2ccccc2)cc1. The third-order valence-corrected chi connectivity index (χ3v) is 2.98. The van der Waals surface area contributed by atoms with E-state index < -0.39 is 12.1 Å². The summed E-state index contributed by atoms with van der Waals surface area (Å²) in [6.45, 7) is 0. The number of hydrogen-bond donors (Lipinski definition) is 2. The lowest BCUT2D eigenvalue weighted by Crippen LogP contribution is -2.19. The minimum Gasteiger partial charge on any atom is -0.497 e. The van der Waals surface area contributed by atoms with Crippen molar-refractivity contribution in [3.8, 4) is 5.75 Å². The van der Waals surface area contributed by atoms with Crippen LogP contribution < -0.4 is 10.5 Å². The molecule has 0 fully saturated rings. The van der Waals surface area contributed by atoms with Crippen LogP contribution in [-0.4, -0.2) is 12.2 Å². The first-order valence-electron chi connectivity index (χ1n) is 5.85. The Morgan fingerprint density at radius 3 is 2.11 bits per heavy atom. The molecule has 0 saturated heterocycles. The number of methoxy groups -OCH3 is 1. The lowest BCUT2D eigenvalue weighted by atomic mass is 9.97. The summed E-state index contributed by atoms with van der Waals surface area (Å²) in [7, 11) is 1.62. The van der Waals surface area contributed by atoms with E-state index in [1.54, 1.807) is 7.11 Å². The number of rotatable bonds is 4. The summed E-state index contributed by atoms with van der Waals surface area (Å²) in [4.78, 5) is 0. The molecule has 2 aromatic carbocycles. The first-order chi connectivity index (χ1) is 8.72. The van der Waals surface area contributed by atoms with Crippen molar-refractivity contribution in [2.75, 3.05) is 7.11 Å². The topological polar surface area (TPSA) is 55.5 Å². The summed E-state index contributed by atoms with van der Waals surface area (Å²) in [5.74, 6) is 0.778. The Morgan fingerprint density at radius 2 is 1.56 bits per heavy atom. The minimum atomic E-state index is -0.709. The highest BCUT2D eigenvalue weighted by Crippen LogP contribution is 2.27. The maximum atomic E-state index is 10.2. The van der Waals surface area contributed by atoms with Crippen LogP contribution in [0.15, 0.2) is 54.6 Å². The summed E-state index contributed by atoms with van der Waals surface area (Å²) >= 11 is 0. The third kappa shape index (κ3) is 2.70. The normalized spacial score (nSPS) is 13.9. The second-order valence-electron chi connectivity index (χ2n) is 4.15. The van der Waals surface area contributed by atoms with Gasteiger partial charge in [0.1, 0.15) is 5.75 Å². The van der Waals surface area contributed by atoms with Crippen molar-refractivity contribution < 1.29 is 9.84 Å². The van der Waals surface area contributed by atoms with E-state index >= 15 is 0 Å². The van der Waals surface area contributed by atoms with Crippen molar-refractivity contribution in [3.05, 3.63) is 65.7 Å². The van der Waals surface area contributed by atoms with Gasteiger partial charge < -0.3 is 15.6 Å². The molecule has 2 unspecified atom stereocenters. The largest absolute Gasteiger partial charge is 0.497 e. The number of ether oxygens (including phenoxy) is 1. The van der Waals surface area contributed by atoms with E-state index in [2.05, 4.69) is 0 Å². The molecule has 0 aliphatic carbocycles. The van der Waals surface area contributed by atoms with Gasteiger partial charge in [-0.1, -0.05) is 42.5 Å². The van der Waals surface area contributed by atoms with Crippen molar-refractivity contribution in [2.24, 2.45) is 5.73 Å². The standard InChI is InChI=1S/C15H17NO2/c1-18-13-9-7-11(8-10-13)14(16)15(17)12-5-3-2-4-6-12/h2-10,14-15,17H,16H2,1H3. The molecule has 3 N–H and O–H groups in total. The molecule has 0 aliphatic rings. The fraction of sp³-hybridized carbons (Fsp3) is 0.200. The van der Waals surface area contributed by atoms with Gasteiger partial charge in [-0.25, -0.2) is 0 Å². The minimum absolute atomic E-state index is 0.446. The molecule has 0 heterocycles. The van der Waals surface area contributed by atoms with Crippen molar-refractivity contribution in [3.63, 3.8) is 0 Å². The monoisotopic (exact) mass is 243 g/mol. The van der Waals surface area contributed by atoms with Gasteiger partial charge in [0.15, 0.2) is 0 Å². The maximum Gasteiger partial charge on any atom is 0.118 e. The molecular weight excluding hydrogens is 226 g/mol. The van der Waals surface area contributed by atoms with Crippen molar-refractivity contribution in [1.82, 2.24) is 0 Å². The predicted molar refractivity (Wildman–Crippen MR) is 71.3 cm³/mol. The molecule has 0 bridgehead atoms. The molecule has 0 aromatic heterocycles. The summed E-state index contributed by atoms with van der Waals surface area (Å²) in [5, 5.41) is 10.2. The molecule has 2 aromatic rings. The van der Waals surface area contributed by atoms with Gasteiger partial charge in [0.2, 0.25) is 0 Å². The van der Waals surface area contributed by atoms with E-state index in [4.69, 9.17) is 10.5 Å². The van der Waals surface area contributed by atoms with Crippen LogP contribution >= 0.6 is 0 Å². The molecule has 2 rings (SSSR count). The van der Waals surface area contributed by atoms with Gasteiger partial charge in [0.05, 0.1) is 19.3 Å². The molecule has 94 valence electrons. The van der Waals surface area contributed by atoms with Gasteiger partial charge in [-0.15, -0.1) is 0 Å². The van der Waals surface area contributed by atoms with E-state index in [0.29, 0.717) is 0 Å². The summed E-state index contributed by atoms with van der Waals surface area (Å²) in [6, 6.07) is 16.4. The van der Waals surface area contributed by atoms with Gasteiger partial charge in [0.25, 0.3) is 0 Å². The summed E-state index contributed by atoms with van der Waals surface area (Å²) in [5.41, 5.74) is 7.77.